The number of aromatic nitrogens is 2. The number of nitrogens with one attached hydrogen (secondary N) is 3. The molecule has 0 aliphatic carbocycles. The second-order valence-electron chi connectivity index (χ2n) is 17.8. The molecule has 15 heteroatoms. The largest absolute Gasteiger partial charge is 0.384 e. The van der Waals surface area contributed by atoms with Gasteiger partial charge in [0.2, 0.25) is 17.8 Å². The molecule has 322 valence electrons. The molecule has 4 aromatic rings. The number of hydrogen-bond donors (Lipinski definition) is 3. The SMILES string of the molecule is Cc1cc(Cn2c(N3CC4(CNC4)C3)nc3c(N4CCN(CCCCCCCCNc5cccc6c5C(=O)N(C5CCC(=O)NC5=O)C6=O)CC4)cc(Cl)cc32)cc(C)c1F. The van der Waals surface area contributed by atoms with E-state index in [4.69, 9.17) is 16.6 Å². The van der Waals surface area contributed by atoms with Crippen molar-refractivity contribution in [1.82, 2.24) is 30.0 Å². The van der Waals surface area contributed by atoms with Gasteiger partial charge in [0, 0.05) is 81.4 Å². The summed E-state index contributed by atoms with van der Waals surface area (Å²) < 4.78 is 16.9. The van der Waals surface area contributed by atoms with Crippen molar-refractivity contribution in [2.45, 2.75) is 77.8 Å². The topological polar surface area (TPSA) is 135 Å². The minimum Gasteiger partial charge on any atom is -0.384 e. The van der Waals surface area contributed by atoms with Crippen molar-refractivity contribution < 1.29 is 23.6 Å². The number of nitrogens with zero attached hydrogens (tertiary/aromatic N) is 6. The number of amides is 4. The molecule has 4 saturated heterocycles. The molecule has 0 bridgehead atoms. The number of piperidine rings is 1. The normalized spacial score (nSPS) is 20.1. The highest BCUT2D eigenvalue weighted by Gasteiger charge is 2.49. The fourth-order valence-electron chi connectivity index (χ4n) is 9.98. The molecule has 3 N–H and O–H groups in total. The predicted molar refractivity (Wildman–Crippen MR) is 235 cm³/mol. The number of anilines is 3. The Bertz CT molecular complexity index is 2360. The molecule has 1 unspecified atom stereocenters. The quantitative estimate of drug-likeness (QED) is 0.0984. The fraction of sp³-hybridized carbons (Fsp3) is 0.500. The van der Waals surface area contributed by atoms with Gasteiger partial charge < -0.3 is 25.0 Å². The lowest BCUT2D eigenvalue weighted by Gasteiger charge is -2.56. The Kier molecular flexibility index (Phi) is 11.5. The average Bonchev–Trinajstić information content (AvgIpc) is 3.68. The molecule has 0 saturated carbocycles. The summed E-state index contributed by atoms with van der Waals surface area (Å²) in [6.07, 6.45) is 6.82. The van der Waals surface area contributed by atoms with Crippen LogP contribution in [0.3, 0.4) is 0 Å². The van der Waals surface area contributed by atoms with Crippen molar-refractivity contribution in [1.29, 1.82) is 0 Å². The maximum absolute atomic E-state index is 14.6. The van der Waals surface area contributed by atoms with E-state index in [1.54, 1.807) is 18.2 Å². The van der Waals surface area contributed by atoms with Gasteiger partial charge in [-0.2, -0.15) is 0 Å². The number of carbonyl (C=O) groups excluding carboxylic acids is 4. The van der Waals surface area contributed by atoms with Crippen LogP contribution < -0.4 is 25.8 Å². The molecule has 4 fully saturated rings. The number of rotatable bonds is 15. The van der Waals surface area contributed by atoms with Crippen LogP contribution in [0.15, 0.2) is 42.5 Å². The van der Waals surface area contributed by atoms with Gasteiger partial charge in [0.05, 0.1) is 28.9 Å². The van der Waals surface area contributed by atoms with E-state index in [1.807, 2.05) is 32.0 Å². The Morgan fingerprint density at radius 2 is 1.61 bits per heavy atom. The summed E-state index contributed by atoms with van der Waals surface area (Å²) in [6, 6.07) is 12.2. The number of benzene rings is 3. The first kappa shape index (κ1) is 41.3. The summed E-state index contributed by atoms with van der Waals surface area (Å²) in [5, 5.41) is 9.73. The highest BCUT2D eigenvalue weighted by molar-refractivity contribution is 6.32. The van der Waals surface area contributed by atoms with E-state index in [1.165, 1.54) is 6.42 Å². The van der Waals surface area contributed by atoms with E-state index in [-0.39, 0.29) is 30.1 Å². The number of hydrogen-bond acceptors (Lipinski definition) is 10. The third-order valence-electron chi connectivity index (χ3n) is 13.3. The Labute approximate surface area is 360 Å². The van der Waals surface area contributed by atoms with Crippen LogP contribution in [0.4, 0.5) is 21.7 Å². The number of unbranched alkanes of at least 4 members (excludes halogenated alkanes) is 5. The molecule has 9 rings (SSSR count). The summed E-state index contributed by atoms with van der Waals surface area (Å²) in [5.41, 5.74) is 6.95. The zero-order valence-electron chi connectivity index (χ0n) is 35.1. The second kappa shape index (κ2) is 17.0. The summed E-state index contributed by atoms with van der Waals surface area (Å²) in [6.45, 7) is 13.8. The molecular weight excluding hydrogens is 797 g/mol. The van der Waals surface area contributed by atoms with E-state index in [2.05, 4.69) is 41.3 Å². The lowest BCUT2D eigenvalue weighted by atomic mass is 9.75. The Morgan fingerprint density at radius 1 is 0.885 bits per heavy atom. The van der Waals surface area contributed by atoms with Crippen LogP contribution in [-0.2, 0) is 16.1 Å². The van der Waals surface area contributed by atoms with Gasteiger partial charge in [0.25, 0.3) is 11.8 Å². The first-order valence-electron chi connectivity index (χ1n) is 22.0. The zero-order valence-corrected chi connectivity index (χ0v) is 35.9. The molecule has 3 aromatic carbocycles. The lowest BCUT2D eigenvalue weighted by molar-refractivity contribution is -0.136. The van der Waals surface area contributed by atoms with Crippen molar-refractivity contribution in [2.24, 2.45) is 5.41 Å². The monoisotopic (exact) mass is 851 g/mol. The predicted octanol–water partition coefficient (Wildman–Crippen LogP) is 5.88. The highest BCUT2D eigenvalue weighted by Crippen LogP contribution is 2.41. The number of aryl methyl sites for hydroxylation is 2. The van der Waals surface area contributed by atoms with Crippen LogP contribution >= 0.6 is 11.6 Å². The van der Waals surface area contributed by atoms with Gasteiger partial charge in [0.15, 0.2) is 0 Å². The number of halogens is 2. The molecule has 4 amide bonds. The molecule has 5 aliphatic rings. The van der Waals surface area contributed by atoms with E-state index < -0.39 is 23.8 Å². The number of imide groups is 2. The Balaban J connectivity index is 0.738. The number of piperazine rings is 1. The van der Waals surface area contributed by atoms with Crippen LogP contribution in [0.1, 0.15) is 88.8 Å². The number of carbonyl (C=O) groups is 4. The Hall–Kier alpha value is -5.05. The summed E-state index contributed by atoms with van der Waals surface area (Å²) in [5.74, 6) is -1.17. The average molecular weight is 852 g/mol. The van der Waals surface area contributed by atoms with Crippen LogP contribution in [0.25, 0.3) is 11.0 Å². The molecule has 13 nitrogen and oxygen atoms in total. The van der Waals surface area contributed by atoms with Gasteiger partial charge in [-0.05, 0) is 80.6 Å². The maximum atomic E-state index is 14.6. The van der Waals surface area contributed by atoms with Gasteiger partial charge in [0.1, 0.15) is 17.4 Å². The van der Waals surface area contributed by atoms with Gasteiger partial charge in [-0.25, -0.2) is 9.37 Å². The number of imidazole rings is 1. The van der Waals surface area contributed by atoms with Crippen molar-refractivity contribution >= 4 is 63.6 Å². The lowest BCUT2D eigenvalue weighted by Crippen LogP contribution is -2.71. The Morgan fingerprint density at radius 3 is 2.31 bits per heavy atom. The standard InChI is InChI=1S/C46H55ClFN9O4/c1-29-20-31(21-30(2)40(29)48)24-56-37-23-32(47)22-36(41(37)52-45(56)55-27-46(28-55)25-49-26-46)54-18-16-53(17-19-54)15-8-6-4-3-5-7-14-50-34-11-9-10-33-39(34)44(61)57(43(33)60)35-12-13-38(58)51-42(35)59/h9-11,20-23,35,49-50H,3-8,12-19,24-28H2,1-2H3,(H,51,58,59). The molecule has 1 aromatic heterocycles. The van der Waals surface area contributed by atoms with Gasteiger partial charge in [-0.15, -0.1) is 0 Å². The second-order valence-corrected chi connectivity index (χ2v) is 18.3. The zero-order chi connectivity index (χ0) is 42.4. The van der Waals surface area contributed by atoms with Gasteiger partial charge in [-0.3, -0.25) is 34.3 Å². The van der Waals surface area contributed by atoms with Crippen LogP contribution in [0.2, 0.25) is 5.02 Å². The van der Waals surface area contributed by atoms with Gasteiger partial charge in [-0.1, -0.05) is 55.5 Å². The van der Waals surface area contributed by atoms with E-state index >= 15 is 0 Å². The van der Waals surface area contributed by atoms with Crippen molar-refractivity contribution in [3.05, 3.63) is 81.1 Å². The summed E-state index contributed by atoms with van der Waals surface area (Å²) in [7, 11) is 0. The summed E-state index contributed by atoms with van der Waals surface area (Å²) >= 11 is 6.87. The molecule has 1 atom stereocenters. The van der Waals surface area contributed by atoms with Crippen molar-refractivity contribution in [2.75, 3.05) is 80.6 Å². The van der Waals surface area contributed by atoms with Crippen molar-refractivity contribution in [3.8, 4) is 0 Å². The first-order valence-corrected chi connectivity index (χ1v) is 22.3. The molecular formula is C46H55ClFN9O4. The van der Waals surface area contributed by atoms with Crippen LogP contribution in [0.5, 0.6) is 0 Å². The summed E-state index contributed by atoms with van der Waals surface area (Å²) in [4.78, 5) is 64.3. The van der Waals surface area contributed by atoms with Crippen LogP contribution in [-0.4, -0.2) is 114 Å². The molecule has 5 aliphatic heterocycles. The third kappa shape index (κ3) is 8.10. The fourth-order valence-corrected chi connectivity index (χ4v) is 10.2. The maximum Gasteiger partial charge on any atom is 0.264 e. The van der Waals surface area contributed by atoms with E-state index in [9.17, 15) is 23.6 Å². The van der Waals surface area contributed by atoms with E-state index in [0.717, 1.165) is 124 Å². The molecule has 1 spiro atoms. The molecule has 6 heterocycles. The minimum atomic E-state index is -0.975. The molecule has 0 radical (unpaired) electrons. The first-order chi connectivity index (χ1) is 29.5. The smallest absolute Gasteiger partial charge is 0.264 e. The highest BCUT2D eigenvalue weighted by atomic mass is 35.5. The third-order valence-corrected chi connectivity index (χ3v) is 13.6. The molecule has 61 heavy (non-hydrogen) atoms. The van der Waals surface area contributed by atoms with E-state index in [0.29, 0.717) is 45.9 Å². The number of fused-ring (bicyclic) bond motifs is 2. The van der Waals surface area contributed by atoms with Crippen molar-refractivity contribution in [3.63, 3.8) is 0 Å². The minimum absolute atomic E-state index is 0.0929. The van der Waals surface area contributed by atoms with Crippen LogP contribution in [0, 0.1) is 25.1 Å². The van der Waals surface area contributed by atoms with Gasteiger partial charge >= 0.3 is 0 Å².